The molecule has 7 heteroatoms. The molecule has 7 nitrogen and oxygen atoms in total. The predicted octanol–water partition coefficient (Wildman–Crippen LogP) is 3.48. The molecule has 0 atom stereocenters. The third-order valence-electron chi connectivity index (χ3n) is 2.95. The van der Waals surface area contributed by atoms with Gasteiger partial charge in [0.05, 0.1) is 20.6 Å². The Balaban J connectivity index is 2.78. The maximum Gasteiger partial charge on any atom is 0.279 e. The molecule has 0 aliphatic carbocycles. The van der Waals surface area contributed by atoms with Crippen LogP contribution in [-0.4, -0.2) is 16.4 Å². The lowest BCUT2D eigenvalue weighted by Gasteiger charge is -2.09. The first-order valence-electron chi connectivity index (χ1n) is 6.14. The molecule has 0 unspecified atom stereocenters. The van der Waals surface area contributed by atoms with Gasteiger partial charge in [0, 0.05) is 24.4 Å². The third kappa shape index (κ3) is 2.37. The number of nitro groups is 2. The molecule has 0 spiro atoms. The van der Waals surface area contributed by atoms with Crippen molar-refractivity contribution in [2.45, 2.75) is 13.3 Å². The Morgan fingerprint density at radius 3 is 2.35 bits per heavy atom. The van der Waals surface area contributed by atoms with Gasteiger partial charge in [-0.2, -0.15) is 0 Å². The molecule has 2 aromatic rings. The lowest BCUT2D eigenvalue weighted by molar-refractivity contribution is -0.384. The van der Waals surface area contributed by atoms with Crippen LogP contribution in [0.25, 0.3) is 10.8 Å². The van der Waals surface area contributed by atoms with Crippen molar-refractivity contribution in [1.82, 2.24) is 0 Å². The summed E-state index contributed by atoms with van der Waals surface area (Å²) in [6.07, 6.45) is 0.846. The fourth-order valence-corrected chi connectivity index (χ4v) is 2.09. The van der Waals surface area contributed by atoms with Crippen molar-refractivity contribution in [2.75, 3.05) is 11.9 Å². The van der Waals surface area contributed by atoms with Gasteiger partial charge in [-0.3, -0.25) is 20.2 Å². The van der Waals surface area contributed by atoms with E-state index in [-0.39, 0.29) is 22.1 Å². The van der Waals surface area contributed by atoms with Crippen LogP contribution in [0.3, 0.4) is 0 Å². The highest BCUT2D eigenvalue weighted by atomic mass is 16.6. The highest BCUT2D eigenvalue weighted by Crippen LogP contribution is 2.37. The molecule has 0 aromatic heterocycles. The molecule has 0 saturated carbocycles. The molecular weight excluding hydrogens is 262 g/mol. The van der Waals surface area contributed by atoms with Gasteiger partial charge >= 0.3 is 0 Å². The standard InChI is InChI=1S/C13H13N3O4/c1-2-8-14-10-6-7-11(15(17)18)9-4-3-5-12(13(9)10)16(19)20/h3-7,14H,2,8H2,1H3. The van der Waals surface area contributed by atoms with Crippen LogP contribution in [0, 0.1) is 20.2 Å². The van der Waals surface area contributed by atoms with Crippen molar-refractivity contribution in [1.29, 1.82) is 0 Å². The van der Waals surface area contributed by atoms with E-state index in [1.165, 1.54) is 30.3 Å². The number of non-ortho nitro benzene ring substituents is 2. The smallest absolute Gasteiger partial charge is 0.279 e. The van der Waals surface area contributed by atoms with Gasteiger partial charge in [-0.25, -0.2) is 0 Å². The number of hydrogen-bond donors (Lipinski definition) is 1. The monoisotopic (exact) mass is 275 g/mol. The molecule has 0 amide bonds. The molecular formula is C13H13N3O4. The first-order chi connectivity index (χ1) is 9.56. The van der Waals surface area contributed by atoms with Crippen LogP contribution < -0.4 is 5.32 Å². The number of rotatable bonds is 5. The zero-order valence-electron chi connectivity index (χ0n) is 10.8. The van der Waals surface area contributed by atoms with Crippen LogP contribution in [0.4, 0.5) is 17.1 Å². The minimum absolute atomic E-state index is 0.134. The van der Waals surface area contributed by atoms with Gasteiger partial charge in [0.15, 0.2) is 0 Å². The van der Waals surface area contributed by atoms with E-state index in [0.29, 0.717) is 12.2 Å². The lowest BCUT2D eigenvalue weighted by Crippen LogP contribution is -2.02. The number of fused-ring (bicyclic) bond motifs is 1. The van der Waals surface area contributed by atoms with Gasteiger partial charge in [-0.15, -0.1) is 0 Å². The van der Waals surface area contributed by atoms with Crippen LogP contribution >= 0.6 is 0 Å². The zero-order chi connectivity index (χ0) is 14.7. The van der Waals surface area contributed by atoms with Crippen LogP contribution in [0.5, 0.6) is 0 Å². The molecule has 0 saturated heterocycles. The quantitative estimate of drug-likeness (QED) is 0.665. The maximum atomic E-state index is 11.1. The van der Waals surface area contributed by atoms with Gasteiger partial charge in [0.2, 0.25) is 0 Å². The zero-order valence-corrected chi connectivity index (χ0v) is 10.8. The second kappa shape index (κ2) is 5.52. The number of benzene rings is 2. The van der Waals surface area contributed by atoms with E-state index in [1.807, 2.05) is 6.92 Å². The summed E-state index contributed by atoms with van der Waals surface area (Å²) in [6.45, 7) is 2.61. The molecule has 0 heterocycles. The summed E-state index contributed by atoms with van der Waals surface area (Å²) < 4.78 is 0. The van der Waals surface area contributed by atoms with Gasteiger partial charge in [-0.1, -0.05) is 13.0 Å². The second-order valence-electron chi connectivity index (χ2n) is 4.27. The van der Waals surface area contributed by atoms with E-state index in [9.17, 15) is 20.2 Å². The Bertz CT molecular complexity index is 685. The SMILES string of the molecule is CCCNc1ccc([N+](=O)[O-])c2cccc([N+](=O)[O-])c12. The van der Waals surface area contributed by atoms with Crippen LogP contribution in [0.2, 0.25) is 0 Å². The number of nitrogens with one attached hydrogen (secondary N) is 1. The largest absolute Gasteiger partial charge is 0.384 e. The fraction of sp³-hybridized carbons (Fsp3) is 0.231. The van der Waals surface area contributed by atoms with Crippen molar-refractivity contribution in [3.8, 4) is 0 Å². The minimum atomic E-state index is -0.532. The summed E-state index contributed by atoms with van der Waals surface area (Å²) in [7, 11) is 0. The van der Waals surface area contributed by atoms with Crippen molar-refractivity contribution in [2.24, 2.45) is 0 Å². The molecule has 0 fully saturated rings. The van der Waals surface area contributed by atoms with Gasteiger partial charge in [0.1, 0.15) is 0 Å². The molecule has 1 N–H and O–H groups in total. The Labute approximate surface area is 114 Å². The van der Waals surface area contributed by atoms with E-state index in [0.717, 1.165) is 6.42 Å². The fourth-order valence-electron chi connectivity index (χ4n) is 2.09. The Kier molecular flexibility index (Phi) is 3.79. The van der Waals surface area contributed by atoms with E-state index in [4.69, 9.17) is 0 Å². The number of anilines is 1. The minimum Gasteiger partial charge on any atom is -0.384 e. The maximum absolute atomic E-state index is 11.1. The summed E-state index contributed by atoms with van der Waals surface area (Å²) in [4.78, 5) is 21.1. The van der Waals surface area contributed by atoms with Gasteiger partial charge in [0.25, 0.3) is 11.4 Å². The molecule has 2 aromatic carbocycles. The van der Waals surface area contributed by atoms with Crippen LogP contribution in [-0.2, 0) is 0 Å². The van der Waals surface area contributed by atoms with Crippen molar-refractivity contribution >= 4 is 27.8 Å². The molecule has 0 bridgehead atoms. The number of nitrogens with zero attached hydrogens (tertiary/aromatic N) is 2. The lowest BCUT2D eigenvalue weighted by atomic mass is 10.0. The van der Waals surface area contributed by atoms with Crippen LogP contribution in [0.1, 0.15) is 13.3 Å². The molecule has 2 rings (SSSR count). The average Bonchev–Trinajstić information content (AvgIpc) is 2.43. The Morgan fingerprint density at radius 2 is 1.75 bits per heavy atom. The summed E-state index contributed by atoms with van der Waals surface area (Å²) in [5, 5.41) is 25.8. The van der Waals surface area contributed by atoms with Gasteiger partial charge < -0.3 is 5.32 Å². The van der Waals surface area contributed by atoms with Gasteiger partial charge in [-0.05, 0) is 18.6 Å². The van der Waals surface area contributed by atoms with Crippen molar-refractivity contribution < 1.29 is 9.85 Å². The third-order valence-corrected chi connectivity index (χ3v) is 2.95. The summed E-state index contributed by atoms with van der Waals surface area (Å²) in [5.74, 6) is 0. The highest BCUT2D eigenvalue weighted by molar-refractivity contribution is 6.05. The van der Waals surface area contributed by atoms with E-state index >= 15 is 0 Å². The number of hydrogen-bond acceptors (Lipinski definition) is 5. The molecule has 0 aliphatic heterocycles. The van der Waals surface area contributed by atoms with Crippen LogP contribution in [0.15, 0.2) is 30.3 Å². The molecule has 0 aliphatic rings. The first-order valence-corrected chi connectivity index (χ1v) is 6.14. The molecule has 0 radical (unpaired) electrons. The normalized spacial score (nSPS) is 10.4. The van der Waals surface area contributed by atoms with Crippen molar-refractivity contribution in [3.05, 3.63) is 50.6 Å². The number of nitro benzene ring substituents is 2. The summed E-state index contributed by atoms with van der Waals surface area (Å²) in [5.41, 5.74) is 0.273. The Morgan fingerprint density at radius 1 is 1.05 bits per heavy atom. The summed E-state index contributed by atoms with van der Waals surface area (Å²) >= 11 is 0. The highest BCUT2D eigenvalue weighted by Gasteiger charge is 2.21. The molecule has 20 heavy (non-hydrogen) atoms. The Hall–Kier alpha value is -2.70. The average molecular weight is 275 g/mol. The topological polar surface area (TPSA) is 98.3 Å². The van der Waals surface area contributed by atoms with Crippen molar-refractivity contribution in [3.63, 3.8) is 0 Å². The molecule has 104 valence electrons. The first kappa shape index (κ1) is 13.7. The predicted molar refractivity (Wildman–Crippen MR) is 76.0 cm³/mol. The second-order valence-corrected chi connectivity index (χ2v) is 4.27. The van der Waals surface area contributed by atoms with E-state index in [1.54, 1.807) is 0 Å². The van der Waals surface area contributed by atoms with E-state index < -0.39 is 9.85 Å². The van der Waals surface area contributed by atoms with E-state index in [2.05, 4.69) is 5.32 Å². The summed E-state index contributed by atoms with van der Waals surface area (Å²) in [6, 6.07) is 7.21.